The van der Waals surface area contributed by atoms with E-state index in [1.54, 1.807) is 0 Å². The summed E-state index contributed by atoms with van der Waals surface area (Å²) in [7, 11) is 1.18. The summed E-state index contributed by atoms with van der Waals surface area (Å²) in [4.78, 5) is 38.2. The monoisotopic (exact) mass is 1420 g/mol. The first-order valence-electron chi connectivity index (χ1n) is 42.9. The van der Waals surface area contributed by atoms with Crippen molar-refractivity contribution in [1.29, 1.82) is 0 Å². The fraction of sp³-hybridized carbons (Fsp3) is 0.800. The van der Waals surface area contributed by atoms with Crippen molar-refractivity contribution in [2.75, 3.05) is 47.5 Å². The summed E-state index contributed by atoms with van der Waals surface area (Å²) in [5.41, 5.74) is 0. The number of phosphoric ester groups is 1. The van der Waals surface area contributed by atoms with E-state index in [1.165, 1.54) is 295 Å². The molecule has 0 aliphatic rings. The van der Waals surface area contributed by atoms with Gasteiger partial charge >= 0.3 is 11.9 Å². The van der Waals surface area contributed by atoms with Gasteiger partial charge in [-0.05, 0) is 96.3 Å². The molecule has 2 unspecified atom stereocenters. The van der Waals surface area contributed by atoms with Crippen LogP contribution in [0.4, 0.5) is 0 Å². The zero-order valence-electron chi connectivity index (χ0n) is 66.6. The van der Waals surface area contributed by atoms with Gasteiger partial charge in [-0.3, -0.25) is 14.2 Å². The van der Waals surface area contributed by atoms with E-state index < -0.39 is 26.5 Å². The molecule has 0 aliphatic carbocycles. The standard InChI is InChI=1S/C90H164NO8P/c1-6-8-10-12-14-16-18-20-22-24-26-28-30-32-34-36-38-40-42-44-45-47-49-51-53-55-57-59-61-63-65-67-69-71-73-75-77-79-81-83-90(93)99-88(87-98-100(94,95)97-85-84-91(3,4)5)86-96-89(92)82-80-78-76-74-72-70-68-66-64-62-60-58-56-54-52-50-48-46-43-41-39-37-35-33-31-29-27-25-23-21-19-17-15-13-11-9-7-2/h8,10,14,16,19-22,25-28,32,34,38,40,88H,6-7,9,11-13,15,17-18,23-24,29-31,33,35-37,39,41-87H2,1-5H3/b10-8-,16-14-,21-19-,22-20-,27-25-,28-26-,34-32-,40-38-. The van der Waals surface area contributed by atoms with Crippen molar-refractivity contribution in [3.8, 4) is 0 Å². The SMILES string of the molecule is CC/C=C\C/C=C\C/C=C\C/C=C\C/C=C\C/C=C\CCCCCCCCCCCCCCCCCCCCCCC(=O)OC(COC(=O)CCCCCCCCCCCCCCCCCCCCCCCCCCC/C=C\C/C=C\CCCCCCC)COP(=O)([O-])OCC[N+](C)(C)C. The number of hydrogen-bond acceptors (Lipinski definition) is 8. The van der Waals surface area contributed by atoms with Gasteiger partial charge in [0.1, 0.15) is 19.8 Å². The Bertz CT molecular complexity index is 2010. The fourth-order valence-electron chi connectivity index (χ4n) is 12.6. The lowest BCUT2D eigenvalue weighted by molar-refractivity contribution is -0.870. The summed E-state index contributed by atoms with van der Waals surface area (Å²) in [6.45, 7) is 4.18. The lowest BCUT2D eigenvalue weighted by Crippen LogP contribution is -2.37. The van der Waals surface area contributed by atoms with Gasteiger partial charge in [0.15, 0.2) is 6.10 Å². The quantitative estimate of drug-likeness (QED) is 0.0195. The second-order valence-corrected chi connectivity index (χ2v) is 31.6. The molecule has 9 nitrogen and oxygen atoms in total. The number of carbonyl (C=O) groups excluding carboxylic acids is 2. The lowest BCUT2D eigenvalue weighted by Gasteiger charge is -2.28. The highest BCUT2D eigenvalue weighted by Gasteiger charge is 2.22. The van der Waals surface area contributed by atoms with Crippen molar-refractivity contribution in [2.45, 2.75) is 418 Å². The molecule has 0 amide bonds. The summed E-state index contributed by atoms with van der Waals surface area (Å²) >= 11 is 0. The van der Waals surface area contributed by atoms with E-state index >= 15 is 0 Å². The van der Waals surface area contributed by atoms with Crippen LogP contribution in [0.15, 0.2) is 97.2 Å². The number of phosphoric acid groups is 1. The first kappa shape index (κ1) is 96.9. The Kier molecular flexibility index (Phi) is 77.6. The van der Waals surface area contributed by atoms with Crippen LogP contribution in [-0.2, 0) is 32.7 Å². The maximum Gasteiger partial charge on any atom is 0.306 e. The zero-order chi connectivity index (χ0) is 72.5. The molecule has 0 N–H and O–H groups in total. The summed E-state index contributed by atoms with van der Waals surface area (Å²) in [6.07, 6.45) is 113. The van der Waals surface area contributed by atoms with Gasteiger partial charge in [-0.2, -0.15) is 0 Å². The Balaban J connectivity index is 3.89. The third kappa shape index (κ3) is 83.9. The maximum atomic E-state index is 12.9. The number of ether oxygens (including phenoxy) is 2. The topological polar surface area (TPSA) is 111 Å². The molecule has 0 fully saturated rings. The minimum absolute atomic E-state index is 0.0300. The van der Waals surface area contributed by atoms with Crippen LogP contribution in [0.1, 0.15) is 412 Å². The third-order valence-corrected chi connectivity index (χ3v) is 20.1. The number of esters is 2. The highest BCUT2D eigenvalue weighted by Crippen LogP contribution is 2.38. The van der Waals surface area contributed by atoms with Gasteiger partial charge in [-0.25, -0.2) is 0 Å². The molecule has 0 aliphatic heterocycles. The molecule has 582 valence electrons. The number of nitrogens with zero attached hydrogens (tertiary/aromatic N) is 1. The Labute approximate surface area is 621 Å². The number of quaternary nitrogens is 1. The van der Waals surface area contributed by atoms with Crippen molar-refractivity contribution in [1.82, 2.24) is 0 Å². The fourth-order valence-corrected chi connectivity index (χ4v) is 13.3. The van der Waals surface area contributed by atoms with Gasteiger partial charge in [-0.15, -0.1) is 0 Å². The number of hydrogen-bond donors (Lipinski definition) is 0. The number of allylic oxidation sites excluding steroid dienone is 16. The van der Waals surface area contributed by atoms with Crippen LogP contribution in [-0.4, -0.2) is 70.0 Å². The van der Waals surface area contributed by atoms with Crippen LogP contribution in [0.2, 0.25) is 0 Å². The van der Waals surface area contributed by atoms with Crippen LogP contribution in [0, 0.1) is 0 Å². The van der Waals surface area contributed by atoms with Crippen LogP contribution in [0.5, 0.6) is 0 Å². The Morgan fingerprint density at radius 1 is 0.320 bits per heavy atom. The van der Waals surface area contributed by atoms with E-state index in [2.05, 4.69) is 111 Å². The molecule has 0 saturated carbocycles. The summed E-state index contributed by atoms with van der Waals surface area (Å²) in [5.74, 6) is -0.812. The van der Waals surface area contributed by atoms with Crippen molar-refractivity contribution in [3.05, 3.63) is 97.2 Å². The average molecular weight is 1420 g/mol. The molecule has 10 heteroatoms. The first-order valence-corrected chi connectivity index (χ1v) is 44.4. The van der Waals surface area contributed by atoms with Gasteiger partial charge in [-0.1, -0.05) is 400 Å². The van der Waals surface area contributed by atoms with E-state index in [1.807, 2.05) is 21.1 Å². The van der Waals surface area contributed by atoms with Crippen LogP contribution >= 0.6 is 7.82 Å². The number of unbranched alkanes of at least 4 members (excludes halogenated alkanes) is 50. The molecule has 0 aromatic carbocycles. The van der Waals surface area contributed by atoms with Crippen molar-refractivity contribution >= 4 is 19.8 Å². The molecule has 2 atom stereocenters. The molecule has 0 aromatic heterocycles. The molecule has 100 heavy (non-hydrogen) atoms. The first-order chi connectivity index (χ1) is 49.0. The molecule has 0 saturated heterocycles. The highest BCUT2D eigenvalue weighted by molar-refractivity contribution is 7.45. The van der Waals surface area contributed by atoms with Gasteiger partial charge in [0, 0.05) is 12.8 Å². The molecule has 0 spiro atoms. The van der Waals surface area contributed by atoms with Crippen LogP contribution < -0.4 is 4.89 Å². The predicted octanol–water partition coefficient (Wildman–Crippen LogP) is 28.3. The van der Waals surface area contributed by atoms with Crippen molar-refractivity contribution in [3.63, 3.8) is 0 Å². The van der Waals surface area contributed by atoms with E-state index in [0.29, 0.717) is 17.4 Å². The van der Waals surface area contributed by atoms with E-state index in [0.717, 1.165) is 83.5 Å². The zero-order valence-corrected chi connectivity index (χ0v) is 67.5. The lowest BCUT2D eigenvalue weighted by atomic mass is 10.0. The largest absolute Gasteiger partial charge is 0.756 e. The van der Waals surface area contributed by atoms with Gasteiger partial charge < -0.3 is 27.9 Å². The molecular formula is C90H164NO8P. The molecule has 0 radical (unpaired) electrons. The summed E-state index contributed by atoms with van der Waals surface area (Å²) < 4.78 is 34.5. The van der Waals surface area contributed by atoms with Gasteiger partial charge in [0.05, 0.1) is 27.7 Å². The van der Waals surface area contributed by atoms with E-state index in [-0.39, 0.29) is 32.0 Å². The number of rotatable bonds is 80. The summed E-state index contributed by atoms with van der Waals surface area (Å²) in [6, 6.07) is 0. The number of likely N-dealkylation sites (N-methyl/N-ethyl adjacent to an activating group) is 1. The second kappa shape index (κ2) is 80.0. The predicted molar refractivity (Wildman–Crippen MR) is 434 cm³/mol. The van der Waals surface area contributed by atoms with Gasteiger partial charge in [0.25, 0.3) is 7.82 Å². The van der Waals surface area contributed by atoms with Crippen molar-refractivity contribution < 1.29 is 42.1 Å². The van der Waals surface area contributed by atoms with Crippen molar-refractivity contribution in [2.24, 2.45) is 0 Å². The maximum absolute atomic E-state index is 12.9. The minimum atomic E-state index is -4.65. The van der Waals surface area contributed by atoms with E-state index in [9.17, 15) is 19.0 Å². The van der Waals surface area contributed by atoms with E-state index in [4.69, 9.17) is 18.5 Å². The normalized spacial score (nSPS) is 13.5. The molecular weight excluding hydrogens is 1250 g/mol. The highest BCUT2D eigenvalue weighted by atomic mass is 31.2. The number of carbonyl (C=O) groups is 2. The second-order valence-electron chi connectivity index (χ2n) is 30.2. The minimum Gasteiger partial charge on any atom is -0.756 e. The van der Waals surface area contributed by atoms with Crippen LogP contribution in [0.25, 0.3) is 0 Å². The van der Waals surface area contributed by atoms with Gasteiger partial charge in [0.2, 0.25) is 0 Å². The average Bonchev–Trinajstić information content (AvgIpc) is 1.07. The smallest absolute Gasteiger partial charge is 0.306 e. The molecule has 0 heterocycles. The summed E-state index contributed by atoms with van der Waals surface area (Å²) in [5, 5.41) is 0. The third-order valence-electron chi connectivity index (χ3n) is 19.1. The Hall–Kier alpha value is -3.07. The molecule has 0 rings (SSSR count). The Morgan fingerprint density at radius 3 is 0.850 bits per heavy atom. The molecule has 0 bridgehead atoms. The van der Waals surface area contributed by atoms with Crippen LogP contribution in [0.3, 0.4) is 0 Å². The molecule has 0 aromatic rings. The Morgan fingerprint density at radius 2 is 0.570 bits per heavy atom.